The van der Waals surface area contributed by atoms with Crippen LogP contribution in [0.3, 0.4) is 0 Å². The van der Waals surface area contributed by atoms with Crippen molar-refractivity contribution in [2.24, 2.45) is 0 Å². The Kier molecular flexibility index (Phi) is 3.01. The molecule has 1 N–H and O–H groups in total. The summed E-state index contributed by atoms with van der Waals surface area (Å²) < 4.78 is 23.5. The number of rotatable bonds is 2. The molecule has 1 rings (SSSR count). The Labute approximate surface area is 72.8 Å². The topological polar surface area (TPSA) is 46.5 Å². The van der Waals surface area contributed by atoms with E-state index in [1.807, 2.05) is 19.1 Å². The van der Waals surface area contributed by atoms with Crippen molar-refractivity contribution in [1.29, 1.82) is 0 Å². The molecule has 0 aliphatic carbocycles. The van der Waals surface area contributed by atoms with Gasteiger partial charge in [0.1, 0.15) is 0 Å². The van der Waals surface area contributed by atoms with E-state index in [1.165, 1.54) is 0 Å². The van der Waals surface area contributed by atoms with E-state index in [2.05, 4.69) is 3.07 Å². The third kappa shape index (κ3) is 2.98. The second-order valence-corrected chi connectivity index (χ2v) is 4.28. The van der Waals surface area contributed by atoms with Crippen molar-refractivity contribution in [2.75, 3.05) is 0 Å². The first kappa shape index (κ1) is 8.67. The van der Waals surface area contributed by atoms with Crippen LogP contribution in [-0.4, -0.2) is 24.0 Å². The average molecular weight is 259 g/mol. The summed E-state index contributed by atoms with van der Waals surface area (Å²) in [4.78, 5) is 0. The molecule has 0 saturated heterocycles. The predicted octanol–water partition coefficient (Wildman–Crippen LogP) is 0.782. The van der Waals surface area contributed by atoms with E-state index in [1.54, 1.807) is 12.1 Å². The van der Waals surface area contributed by atoms with Crippen LogP contribution < -0.4 is 3.07 Å². The Morgan fingerprint density at radius 3 is 2.36 bits per heavy atom. The summed E-state index contributed by atoms with van der Waals surface area (Å²) in [6.45, 7) is 1.94. The van der Waals surface area contributed by atoms with Crippen LogP contribution in [0.2, 0.25) is 0 Å². The van der Waals surface area contributed by atoms with E-state index < -0.39 is 20.6 Å². The monoisotopic (exact) mass is 260 g/mol. The molecule has 4 heteroatoms. The van der Waals surface area contributed by atoms with Crippen LogP contribution in [0, 0.1) is 6.92 Å². The Bertz CT molecular complexity index is 255. The average Bonchev–Trinajstić information content (AvgIpc) is 1.93. The van der Waals surface area contributed by atoms with Gasteiger partial charge in [0.25, 0.3) is 0 Å². The SMILES string of the molecule is Cc1ccc([O][Sn](=[O])[OH])cc1. The second kappa shape index (κ2) is 3.82. The van der Waals surface area contributed by atoms with E-state index in [9.17, 15) is 3.08 Å². The number of aryl methyl sites for hydroxylation is 1. The molecule has 1 aromatic rings. The molecule has 0 saturated carbocycles. The maximum absolute atomic E-state index is 10.3. The van der Waals surface area contributed by atoms with Crippen molar-refractivity contribution in [2.45, 2.75) is 6.92 Å². The fourth-order valence-corrected chi connectivity index (χ4v) is 1.67. The summed E-state index contributed by atoms with van der Waals surface area (Å²) in [6, 6.07) is 7.04. The third-order valence-electron chi connectivity index (χ3n) is 1.23. The first-order chi connectivity index (χ1) is 5.18. The molecule has 0 fully saturated rings. The molecule has 11 heavy (non-hydrogen) atoms. The summed E-state index contributed by atoms with van der Waals surface area (Å²) in [5.41, 5.74) is 1.10. The van der Waals surface area contributed by atoms with Crippen molar-refractivity contribution in [3.63, 3.8) is 0 Å². The van der Waals surface area contributed by atoms with Crippen LogP contribution in [0.25, 0.3) is 0 Å². The van der Waals surface area contributed by atoms with E-state index in [-0.39, 0.29) is 0 Å². The van der Waals surface area contributed by atoms with Gasteiger partial charge in [-0.25, -0.2) is 0 Å². The number of benzene rings is 1. The summed E-state index contributed by atoms with van der Waals surface area (Å²) in [5.74, 6) is 0.475. The molecule has 0 aliphatic rings. The Hall–Kier alpha value is -0.421. The van der Waals surface area contributed by atoms with Gasteiger partial charge in [-0.3, -0.25) is 0 Å². The predicted molar refractivity (Wildman–Crippen MR) is 40.5 cm³/mol. The Balaban J connectivity index is 2.74. The number of hydrogen-bond donors (Lipinski definition) is 1. The molecule has 0 heterocycles. The Morgan fingerprint density at radius 1 is 1.36 bits per heavy atom. The second-order valence-electron chi connectivity index (χ2n) is 2.18. The van der Waals surface area contributed by atoms with Gasteiger partial charge in [-0.1, -0.05) is 0 Å². The summed E-state index contributed by atoms with van der Waals surface area (Å²) in [7, 11) is 0. The summed E-state index contributed by atoms with van der Waals surface area (Å²) in [5, 5.41) is 0. The van der Waals surface area contributed by atoms with Crippen LogP contribution in [-0.2, 0) is 3.08 Å². The molecule has 0 bridgehead atoms. The van der Waals surface area contributed by atoms with E-state index in [0.29, 0.717) is 5.75 Å². The van der Waals surface area contributed by atoms with Gasteiger partial charge in [0, 0.05) is 0 Å². The third-order valence-corrected chi connectivity index (χ3v) is 2.40. The van der Waals surface area contributed by atoms with Gasteiger partial charge in [-0.15, -0.1) is 0 Å². The van der Waals surface area contributed by atoms with Crippen LogP contribution in [0.4, 0.5) is 0 Å². The van der Waals surface area contributed by atoms with Gasteiger partial charge in [-0.2, -0.15) is 0 Å². The van der Waals surface area contributed by atoms with Gasteiger partial charge < -0.3 is 0 Å². The zero-order valence-electron chi connectivity index (χ0n) is 6.07. The van der Waals surface area contributed by atoms with Crippen molar-refractivity contribution in [1.82, 2.24) is 0 Å². The normalized spacial score (nSPS) is 9.27. The van der Waals surface area contributed by atoms with Gasteiger partial charge in [0.05, 0.1) is 0 Å². The van der Waals surface area contributed by atoms with Gasteiger partial charge in [0.2, 0.25) is 0 Å². The zero-order chi connectivity index (χ0) is 8.27. The standard InChI is InChI=1S/C7H8O.H2O.O.Sn/c1-6-2-4-7(8)5-3-6;;;/h2-5,8H,1H3;1H2;;/q;;;+2/p-2. The van der Waals surface area contributed by atoms with E-state index >= 15 is 0 Å². The number of hydrogen-bond acceptors (Lipinski definition) is 2. The van der Waals surface area contributed by atoms with Crippen molar-refractivity contribution >= 4 is 20.6 Å². The molecule has 1 aromatic carbocycles. The molecule has 0 aromatic heterocycles. The molecule has 0 radical (unpaired) electrons. The van der Waals surface area contributed by atoms with Gasteiger partial charge in [-0.05, 0) is 0 Å². The molecule has 58 valence electrons. The summed E-state index contributed by atoms with van der Waals surface area (Å²) >= 11 is -3.65. The van der Waals surface area contributed by atoms with Crippen LogP contribution in [0.1, 0.15) is 5.56 Å². The fourth-order valence-electron chi connectivity index (χ4n) is 0.707. The molecule has 0 amide bonds. The van der Waals surface area contributed by atoms with E-state index in [0.717, 1.165) is 5.56 Å². The van der Waals surface area contributed by atoms with Crippen LogP contribution in [0.5, 0.6) is 5.75 Å². The minimum atomic E-state index is -3.65. The maximum atomic E-state index is 10.3. The first-order valence-electron chi connectivity index (χ1n) is 3.16. The molecule has 3 nitrogen and oxygen atoms in total. The van der Waals surface area contributed by atoms with Crippen LogP contribution in [0.15, 0.2) is 24.3 Å². The molecule has 0 spiro atoms. The van der Waals surface area contributed by atoms with Crippen molar-refractivity contribution in [3.8, 4) is 5.75 Å². The van der Waals surface area contributed by atoms with E-state index in [4.69, 9.17) is 3.44 Å². The van der Waals surface area contributed by atoms with Crippen molar-refractivity contribution < 1.29 is 9.59 Å². The molecule has 0 atom stereocenters. The summed E-state index contributed by atoms with van der Waals surface area (Å²) in [6.07, 6.45) is 0. The first-order valence-corrected chi connectivity index (χ1v) is 6.76. The molecule has 0 unspecified atom stereocenters. The molecule has 0 aliphatic heterocycles. The molecular formula is C7H8O3Sn. The Morgan fingerprint density at radius 2 is 1.91 bits per heavy atom. The fraction of sp³-hybridized carbons (Fsp3) is 0.143. The zero-order valence-corrected chi connectivity index (χ0v) is 8.93. The quantitative estimate of drug-likeness (QED) is 0.798. The van der Waals surface area contributed by atoms with Gasteiger partial charge >= 0.3 is 72.7 Å². The van der Waals surface area contributed by atoms with Crippen molar-refractivity contribution in [3.05, 3.63) is 29.8 Å². The molecular weight excluding hydrogens is 251 g/mol. The minimum absolute atomic E-state index is 0.475. The van der Waals surface area contributed by atoms with Gasteiger partial charge in [0.15, 0.2) is 0 Å². The van der Waals surface area contributed by atoms with Crippen LogP contribution >= 0.6 is 0 Å².